The first-order chi connectivity index (χ1) is 11.5. The molecule has 1 aromatic heterocycles. The van der Waals surface area contributed by atoms with E-state index in [2.05, 4.69) is 15.0 Å². The lowest BCUT2D eigenvalue weighted by atomic mass is 10.0. The minimum absolute atomic E-state index is 0.173. The summed E-state index contributed by atoms with van der Waals surface area (Å²) in [5, 5.41) is 2.81. The molecule has 0 saturated heterocycles. The summed E-state index contributed by atoms with van der Waals surface area (Å²) in [7, 11) is -3.72. The fraction of sp³-hybridized carbons (Fsp3) is 0.389. The van der Waals surface area contributed by atoms with Gasteiger partial charge < -0.3 is 10.3 Å². The van der Waals surface area contributed by atoms with Crippen molar-refractivity contribution in [2.75, 3.05) is 4.72 Å². The van der Waals surface area contributed by atoms with Crippen LogP contribution in [0.2, 0.25) is 0 Å². The first-order valence-electron chi connectivity index (χ1n) is 8.12. The highest BCUT2D eigenvalue weighted by atomic mass is 32.2. The Kier molecular flexibility index (Phi) is 5.27. The smallest absolute Gasteiger partial charge is 0.268 e. The normalized spacial score (nSPS) is 12.2. The Hall–Kier alpha value is -2.28. The molecule has 2 aromatic rings. The van der Waals surface area contributed by atoms with E-state index < -0.39 is 10.0 Å². The van der Waals surface area contributed by atoms with E-state index in [0.29, 0.717) is 11.6 Å². The maximum atomic E-state index is 12.5. The summed E-state index contributed by atoms with van der Waals surface area (Å²) < 4.78 is 27.4. The lowest BCUT2D eigenvalue weighted by Gasteiger charge is -2.19. The van der Waals surface area contributed by atoms with Crippen LogP contribution in [0.15, 0.2) is 41.3 Å². The zero-order chi connectivity index (χ0) is 18.8. The molecule has 1 heterocycles. The minimum Gasteiger partial charge on any atom is -0.346 e. The maximum Gasteiger partial charge on any atom is 0.268 e. The van der Waals surface area contributed by atoms with Crippen molar-refractivity contribution in [2.45, 2.75) is 51.0 Å². The third-order valence-corrected chi connectivity index (χ3v) is 4.90. The van der Waals surface area contributed by atoms with Gasteiger partial charge in [-0.05, 0) is 56.5 Å². The standard InChI is InChI=1S/C18H25N3O3S/c1-12(2)13-6-8-14(9-7-13)25(23,24)21-16-11-10-15(19-16)17(22)20-18(3,4)5/h6-12,19,21H,1-5H3,(H,20,22). The lowest BCUT2D eigenvalue weighted by molar-refractivity contribution is 0.0915. The van der Waals surface area contributed by atoms with Crippen LogP contribution < -0.4 is 10.0 Å². The minimum atomic E-state index is -3.72. The number of carbonyl (C=O) groups is 1. The first kappa shape index (κ1) is 19.1. The summed E-state index contributed by atoms with van der Waals surface area (Å²) in [6, 6.07) is 9.83. The lowest BCUT2D eigenvalue weighted by Crippen LogP contribution is -2.40. The molecule has 2 rings (SSSR count). The van der Waals surface area contributed by atoms with Crippen LogP contribution in [0.3, 0.4) is 0 Å². The van der Waals surface area contributed by atoms with Crippen LogP contribution in [0.1, 0.15) is 56.6 Å². The number of aromatic nitrogens is 1. The highest BCUT2D eigenvalue weighted by Gasteiger charge is 2.19. The summed E-state index contributed by atoms with van der Waals surface area (Å²) >= 11 is 0. The van der Waals surface area contributed by atoms with E-state index in [1.54, 1.807) is 30.3 Å². The molecule has 0 aliphatic rings. The third kappa shape index (κ3) is 5.09. The fourth-order valence-electron chi connectivity index (χ4n) is 2.23. The molecular weight excluding hydrogens is 338 g/mol. The molecule has 0 bridgehead atoms. The Bertz CT molecular complexity index is 844. The van der Waals surface area contributed by atoms with Gasteiger partial charge in [0.2, 0.25) is 0 Å². The van der Waals surface area contributed by atoms with Gasteiger partial charge in [-0.2, -0.15) is 0 Å². The molecule has 6 nitrogen and oxygen atoms in total. The topological polar surface area (TPSA) is 91.1 Å². The van der Waals surface area contributed by atoms with Gasteiger partial charge in [-0.1, -0.05) is 26.0 Å². The fourth-order valence-corrected chi connectivity index (χ4v) is 3.25. The average Bonchev–Trinajstić information content (AvgIpc) is 2.93. The zero-order valence-corrected chi connectivity index (χ0v) is 16.0. The molecule has 1 amide bonds. The number of hydrogen-bond acceptors (Lipinski definition) is 3. The van der Waals surface area contributed by atoms with Crippen molar-refractivity contribution >= 4 is 21.7 Å². The number of hydrogen-bond donors (Lipinski definition) is 3. The molecule has 136 valence electrons. The summed E-state index contributed by atoms with van der Waals surface area (Å²) in [5.74, 6) is 0.281. The van der Waals surface area contributed by atoms with Crippen LogP contribution in [0, 0.1) is 0 Å². The van der Waals surface area contributed by atoms with E-state index in [4.69, 9.17) is 0 Å². The molecule has 0 spiro atoms. The van der Waals surface area contributed by atoms with Gasteiger partial charge in [-0.3, -0.25) is 9.52 Å². The summed E-state index contributed by atoms with van der Waals surface area (Å²) in [6.07, 6.45) is 0. The molecule has 0 aliphatic heterocycles. The number of rotatable bonds is 5. The van der Waals surface area contributed by atoms with Gasteiger partial charge in [0, 0.05) is 5.54 Å². The molecule has 25 heavy (non-hydrogen) atoms. The van der Waals surface area contributed by atoms with Crippen molar-refractivity contribution in [1.29, 1.82) is 0 Å². The van der Waals surface area contributed by atoms with Crippen molar-refractivity contribution in [1.82, 2.24) is 10.3 Å². The summed E-state index contributed by atoms with van der Waals surface area (Å²) in [5.41, 5.74) is 0.989. The van der Waals surface area contributed by atoms with E-state index in [0.717, 1.165) is 5.56 Å². The SMILES string of the molecule is CC(C)c1ccc(S(=O)(=O)Nc2ccc(C(=O)NC(C)(C)C)[nH]2)cc1. The quantitative estimate of drug-likeness (QED) is 0.759. The predicted molar refractivity (Wildman–Crippen MR) is 99.4 cm³/mol. The zero-order valence-electron chi connectivity index (χ0n) is 15.2. The summed E-state index contributed by atoms with van der Waals surface area (Å²) in [4.78, 5) is 15.1. The predicted octanol–water partition coefficient (Wildman–Crippen LogP) is 3.47. The van der Waals surface area contributed by atoms with Crippen molar-refractivity contribution in [3.8, 4) is 0 Å². The van der Waals surface area contributed by atoms with Crippen LogP contribution in [0.5, 0.6) is 0 Å². The van der Waals surface area contributed by atoms with Crippen molar-refractivity contribution in [3.05, 3.63) is 47.7 Å². The molecule has 0 fully saturated rings. The number of anilines is 1. The van der Waals surface area contributed by atoms with Gasteiger partial charge in [-0.25, -0.2) is 8.42 Å². The molecule has 3 N–H and O–H groups in total. The highest BCUT2D eigenvalue weighted by molar-refractivity contribution is 7.92. The number of sulfonamides is 1. The Morgan fingerprint density at radius 3 is 2.16 bits per heavy atom. The third-order valence-electron chi connectivity index (χ3n) is 3.52. The Morgan fingerprint density at radius 2 is 1.64 bits per heavy atom. The van der Waals surface area contributed by atoms with Crippen LogP contribution in [0.4, 0.5) is 5.82 Å². The van der Waals surface area contributed by atoms with Gasteiger partial charge in [0.15, 0.2) is 0 Å². The molecule has 0 atom stereocenters. The average molecular weight is 363 g/mol. The largest absolute Gasteiger partial charge is 0.346 e. The summed E-state index contributed by atoms with van der Waals surface area (Å²) in [6.45, 7) is 9.71. The number of nitrogens with one attached hydrogen (secondary N) is 3. The number of benzene rings is 1. The van der Waals surface area contributed by atoms with Crippen molar-refractivity contribution in [3.63, 3.8) is 0 Å². The second kappa shape index (κ2) is 6.92. The van der Waals surface area contributed by atoms with Gasteiger partial charge >= 0.3 is 0 Å². The van der Waals surface area contributed by atoms with E-state index in [1.807, 2.05) is 34.6 Å². The molecule has 7 heteroatoms. The maximum absolute atomic E-state index is 12.5. The van der Waals surface area contributed by atoms with E-state index in [-0.39, 0.29) is 22.2 Å². The molecule has 1 aromatic carbocycles. The molecule has 0 saturated carbocycles. The number of aromatic amines is 1. The Morgan fingerprint density at radius 1 is 1.04 bits per heavy atom. The highest BCUT2D eigenvalue weighted by Crippen LogP contribution is 2.20. The second-order valence-corrected chi connectivity index (χ2v) is 9.00. The molecule has 0 aliphatic carbocycles. The van der Waals surface area contributed by atoms with Crippen LogP contribution in [-0.2, 0) is 10.0 Å². The van der Waals surface area contributed by atoms with E-state index in [9.17, 15) is 13.2 Å². The number of carbonyl (C=O) groups excluding carboxylic acids is 1. The molecular formula is C18H25N3O3S. The van der Waals surface area contributed by atoms with Crippen LogP contribution in [-0.4, -0.2) is 24.8 Å². The van der Waals surface area contributed by atoms with Gasteiger partial charge in [0.1, 0.15) is 11.5 Å². The molecule has 0 unspecified atom stereocenters. The van der Waals surface area contributed by atoms with Gasteiger partial charge in [0.25, 0.3) is 15.9 Å². The Labute approximate surface area is 149 Å². The van der Waals surface area contributed by atoms with Crippen molar-refractivity contribution in [2.24, 2.45) is 0 Å². The number of amides is 1. The molecule has 0 radical (unpaired) electrons. The van der Waals surface area contributed by atoms with Gasteiger partial charge in [-0.15, -0.1) is 0 Å². The number of H-pyrrole nitrogens is 1. The Balaban J connectivity index is 2.14. The van der Waals surface area contributed by atoms with Crippen LogP contribution >= 0.6 is 0 Å². The van der Waals surface area contributed by atoms with Crippen LogP contribution in [0.25, 0.3) is 0 Å². The first-order valence-corrected chi connectivity index (χ1v) is 9.60. The van der Waals surface area contributed by atoms with E-state index in [1.165, 1.54) is 6.07 Å². The second-order valence-electron chi connectivity index (χ2n) is 7.32. The van der Waals surface area contributed by atoms with Crippen molar-refractivity contribution < 1.29 is 13.2 Å². The van der Waals surface area contributed by atoms with E-state index >= 15 is 0 Å². The monoisotopic (exact) mass is 363 g/mol. The van der Waals surface area contributed by atoms with Gasteiger partial charge in [0.05, 0.1) is 4.90 Å².